The Balaban J connectivity index is 2.16. The van der Waals surface area contributed by atoms with Crippen LogP contribution in [0.2, 0.25) is 0 Å². The second-order valence-corrected chi connectivity index (χ2v) is 7.75. The first-order valence-electron chi connectivity index (χ1n) is 9.60. The zero-order valence-corrected chi connectivity index (χ0v) is 16.8. The zero-order valence-electron chi connectivity index (χ0n) is 16.8. The minimum Gasteiger partial charge on any atom is -0.503 e. The number of carbonyl (C=O) groups is 1. The number of hydrogen-bond acceptors (Lipinski definition) is 4. The van der Waals surface area contributed by atoms with Crippen molar-refractivity contribution in [3.8, 4) is 5.75 Å². The lowest BCUT2D eigenvalue weighted by molar-refractivity contribution is -0.143. The third kappa shape index (κ3) is 4.58. The normalized spacial score (nSPS) is 16.2. The van der Waals surface area contributed by atoms with Crippen LogP contribution in [0.1, 0.15) is 52.9 Å². The average molecular weight is 463 g/mol. The molecule has 2 N–H and O–H groups in total. The van der Waals surface area contributed by atoms with E-state index in [1.54, 1.807) is 0 Å². The number of rotatable bonds is 4. The minimum atomic E-state index is -4.99. The molecule has 1 fully saturated rings. The molecule has 32 heavy (non-hydrogen) atoms. The molecule has 1 saturated carbocycles. The Hall–Kier alpha value is -3.05. The molecule has 12 heteroatoms. The summed E-state index contributed by atoms with van der Waals surface area (Å²) in [5.41, 5.74) is -5.86. The number of hydrogen-bond donors (Lipinski definition) is 2. The number of carbonyl (C=O) groups excluding carboxylic acids is 1. The van der Waals surface area contributed by atoms with Crippen LogP contribution in [0, 0.1) is 0 Å². The third-order valence-corrected chi connectivity index (χ3v) is 5.61. The minimum absolute atomic E-state index is 0.0687. The van der Waals surface area contributed by atoms with Crippen molar-refractivity contribution in [3.05, 3.63) is 57.0 Å². The van der Waals surface area contributed by atoms with Gasteiger partial charge in [0.15, 0.2) is 11.4 Å². The molecule has 0 bridgehead atoms. The molecule has 1 aromatic carbocycles. The zero-order chi connectivity index (χ0) is 23.9. The van der Waals surface area contributed by atoms with Gasteiger partial charge < -0.3 is 10.4 Å². The molecule has 1 heterocycles. The smallest absolute Gasteiger partial charge is 0.416 e. The maximum atomic E-state index is 13.4. The van der Waals surface area contributed by atoms with Crippen molar-refractivity contribution in [2.45, 2.75) is 50.0 Å². The summed E-state index contributed by atoms with van der Waals surface area (Å²) >= 11 is 0. The van der Waals surface area contributed by atoms with Crippen LogP contribution in [0.3, 0.4) is 0 Å². The highest BCUT2D eigenvalue weighted by Crippen LogP contribution is 2.46. The fourth-order valence-electron chi connectivity index (χ4n) is 4.03. The molecule has 1 aliphatic rings. The van der Waals surface area contributed by atoms with Gasteiger partial charge in [0.25, 0.3) is 11.3 Å². The molecule has 2 aromatic rings. The van der Waals surface area contributed by atoms with Crippen LogP contribution < -0.4 is 10.7 Å². The van der Waals surface area contributed by atoms with E-state index in [-0.39, 0.29) is 31.0 Å². The Bertz CT molecular complexity index is 1050. The molecule has 0 aliphatic heterocycles. The number of amides is 1. The van der Waals surface area contributed by atoms with E-state index in [4.69, 9.17) is 0 Å². The molecule has 1 aromatic heterocycles. The molecule has 3 rings (SSSR count). The second-order valence-electron chi connectivity index (χ2n) is 7.75. The van der Waals surface area contributed by atoms with Crippen LogP contribution in [-0.4, -0.2) is 27.8 Å². The maximum absolute atomic E-state index is 13.4. The predicted molar refractivity (Wildman–Crippen MR) is 100 cm³/mol. The van der Waals surface area contributed by atoms with Crippen LogP contribution in [0.5, 0.6) is 5.75 Å². The van der Waals surface area contributed by atoms with Gasteiger partial charge in [0, 0.05) is 12.5 Å². The first-order chi connectivity index (χ1) is 14.8. The largest absolute Gasteiger partial charge is 0.503 e. The second kappa shape index (κ2) is 8.14. The van der Waals surface area contributed by atoms with Gasteiger partial charge >= 0.3 is 12.4 Å². The number of aromatic hydroxyl groups is 1. The van der Waals surface area contributed by atoms with Gasteiger partial charge in [-0.05, 0) is 36.6 Å². The number of alkyl halides is 6. The van der Waals surface area contributed by atoms with Gasteiger partial charge in [-0.2, -0.15) is 31.4 Å². The monoisotopic (exact) mass is 463 g/mol. The number of benzene rings is 1. The summed E-state index contributed by atoms with van der Waals surface area (Å²) in [4.78, 5) is 23.9. The fraction of sp³-hybridized carbons (Fsp3) is 0.450. The topological polar surface area (TPSA) is 84.2 Å². The Morgan fingerprint density at radius 2 is 1.62 bits per heavy atom. The Labute approximate surface area is 177 Å². The van der Waals surface area contributed by atoms with Crippen molar-refractivity contribution in [2.24, 2.45) is 0 Å². The summed E-state index contributed by atoms with van der Waals surface area (Å²) in [6, 6.07) is 1.46. The highest BCUT2D eigenvalue weighted by atomic mass is 19.4. The molecular formula is C20H19F6N3O3. The molecule has 0 radical (unpaired) electrons. The highest BCUT2D eigenvalue weighted by molar-refractivity contribution is 5.92. The summed E-state index contributed by atoms with van der Waals surface area (Å²) in [5, 5.41) is 16.0. The van der Waals surface area contributed by atoms with Gasteiger partial charge in [-0.1, -0.05) is 12.8 Å². The van der Waals surface area contributed by atoms with Crippen LogP contribution in [-0.2, 0) is 24.3 Å². The lowest BCUT2D eigenvalue weighted by Crippen LogP contribution is -2.34. The van der Waals surface area contributed by atoms with E-state index in [1.807, 2.05) is 0 Å². The maximum Gasteiger partial charge on any atom is 0.416 e. The molecule has 174 valence electrons. The van der Waals surface area contributed by atoms with E-state index in [0.717, 1.165) is 10.9 Å². The molecule has 6 nitrogen and oxygen atoms in total. The van der Waals surface area contributed by atoms with Crippen molar-refractivity contribution in [2.75, 3.05) is 7.05 Å². The third-order valence-electron chi connectivity index (χ3n) is 5.61. The Morgan fingerprint density at radius 1 is 1.09 bits per heavy atom. The number of nitrogens with zero attached hydrogens (tertiary/aromatic N) is 2. The fourth-order valence-corrected chi connectivity index (χ4v) is 4.03. The Kier molecular flexibility index (Phi) is 6.00. The van der Waals surface area contributed by atoms with Crippen molar-refractivity contribution in [1.82, 2.24) is 15.1 Å². The van der Waals surface area contributed by atoms with Crippen molar-refractivity contribution >= 4 is 5.91 Å². The standard InChI is InChI=1S/C20H19F6N3O3/c1-27-17(32)15-16(31)14(30)9-29(28-15)10-18(4-2-3-5-18)11-6-12(19(21,22)23)8-13(7-11)20(24,25)26/h6-9,30H,2-5,10H2,1H3,(H,27,32). The van der Waals surface area contributed by atoms with Gasteiger partial charge in [-0.15, -0.1) is 0 Å². The van der Waals surface area contributed by atoms with E-state index in [0.29, 0.717) is 25.0 Å². The van der Waals surface area contributed by atoms with Gasteiger partial charge in [-0.25, -0.2) is 0 Å². The lowest BCUT2D eigenvalue weighted by atomic mass is 9.77. The first-order valence-corrected chi connectivity index (χ1v) is 9.60. The summed E-state index contributed by atoms with van der Waals surface area (Å²) in [5.74, 6) is -1.70. The molecule has 0 atom stereocenters. The SMILES string of the molecule is CNC(=O)c1nn(CC2(c3cc(C(F)(F)F)cc(C(F)(F)F)c3)CCCC2)cc(O)c1=O. The summed E-state index contributed by atoms with van der Waals surface area (Å²) in [6.07, 6.45) is -7.46. The van der Waals surface area contributed by atoms with Crippen molar-refractivity contribution in [1.29, 1.82) is 0 Å². The summed E-state index contributed by atoms with van der Waals surface area (Å²) < 4.78 is 81.1. The Morgan fingerprint density at radius 3 is 2.09 bits per heavy atom. The van der Waals surface area contributed by atoms with Crippen molar-refractivity contribution in [3.63, 3.8) is 0 Å². The molecule has 0 unspecified atom stereocenters. The van der Waals surface area contributed by atoms with Crippen LogP contribution >= 0.6 is 0 Å². The van der Waals surface area contributed by atoms with Crippen LogP contribution in [0.25, 0.3) is 0 Å². The molecule has 1 aliphatic carbocycles. The summed E-state index contributed by atoms with van der Waals surface area (Å²) in [6.45, 7) is -0.233. The summed E-state index contributed by atoms with van der Waals surface area (Å²) in [7, 11) is 1.23. The van der Waals surface area contributed by atoms with Gasteiger partial charge in [-0.3, -0.25) is 14.3 Å². The van der Waals surface area contributed by atoms with E-state index >= 15 is 0 Å². The highest BCUT2D eigenvalue weighted by Gasteiger charge is 2.42. The molecule has 1 amide bonds. The van der Waals surface area contributed by atoms with E-state index in [1.165, 1.54) is 7.05 Å². The first kappa shape index (κ1) is 23.6. The van der Waals surface area contributed by atoms with Crippen molar-refractivity contribution < 1.29 is 36.2 Å². The number of halogens is 6. The molecule has 0 saturated heterocycles. The van der Waals surface area contributed by atoms with E-state index < -0.39 is 51.7 Å². The van der Waals surface area contributed by atoms with Gasteiger partial charge in [0.05, 0.1) is 23.9 Å². The molecular weight excluding hydrogens is 444 g/mol. The van der Waals surface area contributed by atoms with Crippen LogP contribution in [0.4, 0.5) is 26.3 Å². The quantitative estimate of drug-likeness (QED) is 0.675. The van der Waals surface area contributed by atoms with E-state index in [9.17, 15) is 41.0 Å². The predicted octanol–water partition coefficient (Wildman–Crippen LogP) is 3.86. The van der Waals surface area contributed by atoms with Gasteiger partial charge in [0.2, 0.25) is 0 Å². The van der Waals surface area contributed by atoms with E-state index in [2.05, 4.69) is 10.4 Å². The number of nitrogens with one attached hydrogen (secondary N) is 1. The number of aromatic nitrogens is 2. The molecule has 0 spiro atoms. The van der Waals surface area contributed by atoms with Gasteiger partial charge in [0.1, 0.15) is 0 Å². The average Bonchev–Trinajstić information content (AvgIpc) is 3.18. The lowest BCUT2D eigenvalue weighted by Gasteiger charge is -2.31. The van der Waals surface area contributed by atoms with Crippen LogP contribution in [0.15, 0.2) is 29.2 Å².